The monoisotopic (exact) mass is 448 g/mol. The highest BCUT2D eigenvalue weighted by Gasteiger charge is 2.24. The zero-order valence-electron chi connectivity index (χ0n) is 19.6. The third-order valence-electron chi connectivity index (χ3n) is 5.05. The molecule has 3 nitrogen and oxygen atoms in total. The van der Waals surface area contributed by atoms with Crippen LogP contribution in [0.15, 0.2) is 72.8 Å². The number of hydrogen-bond acceptors (Lipinski definition) is 3. The van der Waals surface area contributed by atoms with E-state index >= 15 is 0 Å². The minimum atomic E-state index is 0.0753. The Morgan fingerprint density at radius 1 is 0.875 bits per heavy atom. The molecule has 0 aromatic heterocycles. The lowest BCUT2D eigenvalue weighted by atomic mass is 9.86. The van der Waals surface area contributed by atoms with Crippen LogP contribution in [0.4, 0.5) is 0 Å². The number of rotatable bonds is 9. The smallest absolute Gasteiger partial charge is 0.188 e. The van der Waals surface area contributed by atoms with E-state index in [2.05, 4.69) is 27.7 Å². The molecular weight excluding hydrogens is 415 g/mol. The summed E-state index contributed by atoms with van der Waals surface area (Å²) in [5.41, 5.74) is 1.76. The quantitative estimate of drug-likeness (QED) is 0.308. The molecule has 0 spiro atoms. The number of benzene rings is 3. The van der Waals surface area contributed by atoms with Crippen LogP contribution in [0.5, 0.6) is 23.0 Å². The molecule has 3 aromatic rings. The molecule has 2 unspecified atom stereocenters. The van der Waals surface area contributed by atoms with Gasteiger partial charge in [-0.25, -0.2) is 0 Å². The van der Waals surface area contributed by atoms with E-state index in [0.717, 1.165) is 18.1 Å². The average Bonchev–Trinajstić information content (AvgIpc) is 2.75. The Kier molecular flexibility index (Phi) is 8.10. The Bertz CT molecular complexity index is 1020. The fourth-order valence-electron chi connectivity index (χ4n) is 3.80. The Morgan fingerprint density at radius 2 is 1.44 bits per heavy atom. The van der Waals surface area contributed by atoms with E-state index in [1.165, 1.54) is 0 Å². The number of aryl methyl sites for hydroxylation is 1. The van der Waals surface area contributed by atoms with Crippen molar-refractivity contribution in [3.63, 3.8) is 0 Å². The molecule has 3 aromatic carbocycles. The summed E-state index contributed by atoms with van der Waals surface area (Å²) >= 11 is 0. The molecule has 0 aliphatic carbocycles. The van der Waals surface area contributed by atoms with Gasteiger partial charge in [0.1, 0.15) is 28.6 Å². The Hall–Kier alpha value is -2.64. The maximum atomic E-state index is 13.5. The predicted molar refractivity (Wildman–Crippen MR) is 135 cm³/mol. The lowest BCUT2D eigenvalue weighted by Gasteiger charge is -2.23. The number of hydrogen-bond donors (Lipinski definition) is 0. The first-order valence-corrected chi connectivity index (χ1v) is 12.3. The van der Waals surface area contributed by atoms with Crippen molar-refractivity contribution in [3.05, 3.63) is 83.9 Å². The van der Waals surface area contributed by atoms with Gasteiger partial charge >= 0.3 is 0 Å². The van der Waals surface area contributed by atoms with Crippen LogP contribution in [-0.2, 0) is 0 Å². The van der Waals surface area contributed by atoms with E-state index in [-0.39, 0.29) is 19.5 Å². The first-order valence-electron chi connectivity index (χ1n) is 11.1. The van der Waals surface area contributed by atoms with Crippen LogP contribution in [0.25, 0.3) is 0 Å². The lowest BCUT2D eigenvalue weighted by molar-refractivity contribution is 0.108. The van der Waals surface area contributed by atoms with Crippen LogP contribution >= 0.6 is 8.58 Å². The maximum Gasteiger partial charge on any atom is 0.188 e. The second-order valence-electron chi connectivity index (χ2n) is 9.49. The molecule has 3 rings (SSSR count). The van der Waals surface area contributed by atoms with Crippen molar-refractivity contribution >= 4 is 14.1 Å². The number of para-hydroxylation sites is 2. The molecule has 2 atom stereocenters. The Morgan fingerprint density at radius 3 is 2.00 bits per heavy atom. The molecule has 0 N–H and O–H groups in total. The van der Waals surface area contributed by atoms with Crippen LogP contribution in [0, 0.1) is 18.3 Å². The average molecular weight is 449 g/mol. The summed E-state index contributed by atoms with van der Waals surface area (Å²) in [7, 11) is 0.161. The second-order valence-corrected chi connectivity index (χ2v) is 10.7. The first-order chi connectivity index (χ1) is 15.2. The first kappa shape index (κ1) is 24.0. The third-order valence-corrected chi connectivity index (χ3v) is 6.52. The van der Waals surface area contributed by atoms with E-state index in [0.29, 0.717) is 34.5 Å². The molecule has 0 aliphatic heterocycles. The van der Waals surface area contributed by atoms with Gasteiger partial charge in [-0.3, -0.25) is 4.79 Å². The van der Waals surface area contributed by atoms with Gasteiger partial charge in [0, 0.05) is 0 Å². The molecule has 32 heavy (non-hydrogen) atoms. The predicted octanol–water partition coefficient (Wildman–Crippen LogP) is 8.47. The van der Waals surface area contributed by atoms with Gasteiger partial charge < -0.3 is 9.47 Å². The SMILES string of the molecule is Cc1ccc(Oc2ccccc2)c(C(=O)PCC(C)CC(C)(C)C)c1Oc1ccccc1. The van der Waals surface area contributed by atoms with Gasteiger partial charge in [-0.15, -0.1) is 0 Å². The molecule has 0 heterocycles. The number of carbonyl (C=O) groups excluding carboxylic acids is 1. The van der Waals surface area contributed by atoms with Crippen molar-refractivity contribution < 1.29 is 14.3 Å². The van der Waals surface area contributed by atoms with Crippen LogP contribution in [-0.4, -0.2) is 11.7 Å². The summed E-state index contributed by atoms with van der Waals surface area (Å²) in [6.45, 7) is 10.9. The van der Waals surface area contributed by atoms with Gasteiger partial charge in [0.25, 0.3) is 0 Å². The summed E-state index contributed by atoms with van der Waals surface area (Å²) < 4.78 is 12.4. The molecule has 168 valence electrons. The number of ether oxygens (including phenoxy) is 2. The normalized spacial score (nSPS) is 12.7. The summed E-state index contributed by atoms with van der Waals surface area (Å²) in [4.78, 5) is 13.5. The van der Waals surface area contributed by atoms with Crippen LogP contribution in [0.1, 0.15) is 50.0 Å². The van der Waals surface area contributed by atoms with Crippen LogP contribution in [0.3, 0.4) is 0 Å². The van der Waals surface area contributed by atoms with E-state index in [1.807, 2.05) is 79.7 Å². The van der Waals surface area contributed by atoms with Crippen molar-refractivity contribution in [2.75, 3.05) is 6.16 Å². The van der Waals surface area contributed by atoms with Gasteiger partial charge in [-0.05, 0) is 75.3 Å². The van der Waals surface area contributed by atoms with Gasteiger partial charge in [0.05, 0.1) is 0 Å². The van der Waals surface area contributed by atoms with Gasteiger partial charge in [-0.2, -0.15) is 0 Å². The third kappa shape index (κ3) is 6.93. The van der Waals surface area contributed by atoms with Crippen molar-refractivity contribution in [2.45, 2.75) is 41.0 Å². The highest BCUT2D eigenvalue weighted by atomic mass is 31.1. The van der Waals surface area contributed by atoms with Crippen LogP contribution in [0.2, 0.25) is 0 Å². The molecule has 4 heteroatoms. The Balaban J connectivity index is 1.93. The van der Waals surface area contributed by atoms with E-state index in [4.69, 9.17) is 9.47 Å². The topological polar surface area (TPSA) is 35.5 Å². The molecule has 0 aliphatic rings. The zero-order chi connectivity index (χ0) is 23.1. The zero-order valence-corrected chi connectivity index (χ0v) is 20.6. The van der Waals surface area contributed by atoms with Gasteiger partial charge in [0.15, 0.2) is 5.52 Å². The highest BCUT2D eigenvalue weighted by Crippen LogP contribution is 2.41. The summed E-state index contributed by atoms with van der Waals surface area (Å²) in [6, 6.07) is 22.9. The van der Waals surface area contributed by atoms with Crippen LogP contribution < -0.4 is 9.47 Å². The van der Waals surface area contributed by atoms with Crippen molar-refractivity contribution in [1.29, 1.82) is 0 Å². The highest BCUT2D eigenvalue weighted by molar-refractivity contribution is 7.58. The summed E-state index contributed by atoms with van der Waals surface area (Å²) in [6.07, 6.45) is 1.95. The molecule has 0 saturated heterocycles. The standard InChI is InChI=1S/C28H33O3P/c1-20(18-28(3,4)5)19-32-27(29)25-24(30-22-12-8-6-9-13-22)17-16-21(2)26(25)31-23-14-10-7-11-15-23/h6-17,20,32H,18-19H2,1-5H3. The maximum absolute atomic E-state index is 13.5. The molecule has 0 amide bonds. The minimum absolute atomic E-state index is 0.0753. The van der Waals surface area contributed by atoms with E-state index in [9.17, 15) is 4.79 Å². The second kappa shape index (κ2) is 10.8. The van der Waals surface area contributed by atoms with Crippen molar-refractivity contribution in [1.82, 2.24) is 0 Å². The van der Waals surface area contributed by atoms with E-state index in [1.54, 1.807) is 0 Å². The largest absolute Gasteiger partial charge is 0.456 e. The number of carbonyl (C=O) groups is 1. The van der Waals surface area contributed by atoms with Crippen molar-refractivity contribution in [2.24, 2.45) is 11.3 Å². The molecular formula is C28H33O3P. The summed E-state index contributed by atoms with van der Waals surface area (Å²) in [5.74, 6) is 2.98. The molecule has 0 fully saturated rings. The summed E-state index contributed by atoms with van der Waals surface area (Å²) in [5, 5.41) is 0. The van der Waals surface area contributed by atoms with Gasteiger partial charge in [-0.1, -0.05) is 70.2 Å². The molecule has 0 saturated carbocycles. The van der Waals surface area contributed by atoms with E-state index < -0.39 is 0 Å². The fraction of sp³-hybridized carbons (Fsp3) is 0.321. The molecule has 0 radical (unpaired) electrons. The fourth-order valence-corrected chi connectivity index (χ4v) is 4.89. The minimum Gasteiger partial charge on any atom is -0.456 e. The molecule has 0 bridgehead atoms. The van der Waals surface area contributed by atoms with Gasteiger partial charge in [0.2, 0.25) is 0 Å². The lowest BCUT2D eigenvalue weighted by Crippen LogP contribution is -2.13. The van der Waals surface area contributed by atoms with Crippen molar-refractivity contribution in [3.8, 4) is 23.0 Å². The Labute approximate surface area is 193 Å².